The van der Waals surface area contributed by atoms with Gasteiger partial charge in [-0.25, -0.2) is 4.39 Å². The van der Waals surface area contributed by atoms with Crippen molar-refractivity contribution in [2.24, 2.45) is 0 Å². The Bertz CT molecular complexity index is 642. The number of ether oxygens (including phenoxy) is 2. The highest BCUT2D eigenvalue weighted by Crippen LogP contribution is 2.37. The first-order valence-electron chi connectivity index (χ1n) is 6.48. The minimum Gasteiger partial charge on any atom is -0.493 e. The molecule has 1 N–H and O–H groups in total. The highest BCUT2D eigenvalue weighted by atomic mass is 19.1. The zero-order valence-electron chi connectivity index (χ0n) is 11.4. The summed E-state index contributed by atoms with van der Waals surface area (Å²) in [6.45, 7) is 0. The van der Waals surface area contributed by atoms with Crippen molar-refractivity contribution in [3.8, 4) is 11.5 Å². The van der Waals surface area contributed by atoms with Crippen molar-refractivity contribution in [2.45, 2.75) is 12.5 Å². The molecule has 1 aliphatic rings. The summed E-state index contributed by atoms with van der Waals surface area (Å²) in [5, 5.41) is 3.40. The Kier molecular flexibility index (Phi) is 3.22. The van der Waals surface area contributed by atoms with Crippen molar-refractivity contribution in [3.63, 3.8) is 0 Å². The third-order valence-electron chi connectivity index (χ3n) is 3.63. The molecule has 0 aromatic heterocycles. The number of nitrogens with one attached hydrogen (secondary N) is 1. The van der Waals surface area contributed by atoms with E-state index >= 15 is 0 Å². The lowest BCUT2D eigenvalue weighted by Crippen LogP contribution is -2.06. The fourth-order valence-electron chi connectivity index (χ4n) is 2.60. The van der Waals surface area contributed by atoms with E-state index < -0.39 is 0 Å². The highest BCUT2D eigenvalue weighted by molar-refractivity contribution is 5.59. The van der Waals surface area contributed by atoms with E-state index in [4.69, 9.17) is 9.47 Å². The van der Waals surface area contributed by atoms with Crippen molar-refractivity contribution >= 4 is 5.69 Å². The van der Waals surface area contributed by atoms with Gasteiger partial charge in [-0.1, -0.05) is 6.07 Å². The van der Waals surface area contributed by atoms with Crippen molar-refractivity contribution < 1.29 is 13.9 Å². The minimum absolute atomic E-state index is 0.131. The molecule has 3 rings (SSSR count). The largest absolute Gasteiger partial charge is 0.493 e. The fourth-order valence-corrected chi connectivity index (χ4v) is 2.60. The molecule has 20 heavy (non-hydrogen) atoms. The van der Waals surface area contributed by atoms with Gasteiger partial charge in [0, 0.05) is 5.69 Å². The normalized spacial score (nSPS) is 16.4. The number of anilines is 1. The van der Waals surface area contributed by atoms with Crippen LogP contribution < -0.4 is 14.8 Å². The maximum Gasteiger partial charge on any atom is 0.161 e. The van der Waals surface area contributed by atoms with Gasteiger partial charge in [0.05, 0.1) is 20.3 Å². The second-order valence-electron chi connectivity index (χ2n) is 4.82. The topological polar surface area (TPSA) is 30.5 Å². The SMILES string of the molecule is COc1ccc(C2Cc3cc(F)ccc3N2)cc1OC. The average Bonchev–Trinajstić information content (AvgIpc) is 2.89. The highest BCUT2D eigenvalue weighted by Gasteiger charge is 2.23. The predicted octanol–water partition coefficient (Wildman–Crippen LogP) is 3.55. The second kappa shape index (κ2) is 5.04. The Hall–Kier alpha value is -2.23. The molecule has 1 unspecified atom stereocenters. The predicted molar refractivity (Wildman–Crippen MR) is 76.0 cm³/mol. The van der Waals surface area contributed by atoms with E-state index in [2.05, 4.69) is 5.32 Å². The lowest BCUT2D eigenvalue weighted by Gasteiger charge is -2.14. The van der Waals surface area contributed by atoms with Gasteiger partial charge < -0.3 is 14.8 Å². The summed E-state index contributed by atoms with van der Waals surface area (Å²) in [5.74, 6) is 1.21. The van der Waals surface area contributed by atoms with Crippen molar-refractivity contribution in [1.29, 1.82) is 0 Å². The molecule has 1 atom stereocenters. The Morgan fingerprint density at radius 2 is 1.85 bits per heavy atom. The number of fused-ring (bicyclic) bond motifs is 1. The Morgan fingerprint density at radius 3 is 2.60 bits per heavy atom. The van der Waals surface area contributed by atoms with Crippen LogP contribution in [-0.4, -0.2) is 14.2 Å². The molecule has 0 bridgehead atoms. The zero-order chi connectivity index (χ0) is 14.1. The van der Waals surface area contributed by atoms with Crippen LogP contribution >= 0.6 is 0 Å². The maximum atomic E-state index is 13.2. The third kappa shape index (κ3) is 2.18. The van der Waals surface area contributed by atoms with E-state index in [-0.39, 0.29) is 11.9 Å². The maximum absolute atomic E-state index is 13.2. The molecule has 0 fully saturated rings. The van der Waals surface area contributed by atoms with Gasteiger partial charge in [0.1, 0.15) is 5.82 Å². The molecule has 1 aliphatic heterocycles. The molecule has 0 saturated heterocycles. The number of halogens is 1. The first-order chi connectivity index (χ1) is 9.71. The molecule has 3 nitrogen and oxygen atoms in total. The van der Waals surface area contributed by atoms with E-state index in [0.717, 1.165) is 23.2 Å². The van der Waals surface area contributed by atoms with Gasteiger partial charge in [0.2, 0.25) is 0 Å². The number of rotatable bonds is 3. The van der Waals surface area contributed by atoms with Crippen LogP contribution in [-0.2, 0) is 6.42 Å². The molecular weight excluding hydrogens is 257 g/mol. The lowest BCUT2D eigenvalue weighted by atomic mass is 10.0. The van der Waals surface area contributed by atoms with Crippen LogP contribution in [0.4, 0.5) is 10.1 Å². The van der Waals surface area contributed by atoms with Gasteiger partial charge in [0.15, 0.2) is 11.5 Å². The molecule has 0 amide bonds. The lowest BCUT2D eigenvalue weighted by molar-refractivity contribution is 0.354. The molecule has 104 valence electrons. The Morgan fingerprint density at radius 1 is 1.05 bits per heavy atom. The van der Waals surface area contributed by atoms with E-state index in [1.807, 2.05) is 18.2 Å². The molecule has 0 spiro atoms. The molecule has 1 heterocycles. The van der Waals surface area contributed by atoms with E-state index in [1.54, 1.807) is 26.4 Å². The average molecular weight is 273 g/mol. The zero-order valence-corrected chi connectivity index (χ0v) is 11.4. The fraction of sp³-hybridized carbons (Fsp3) is 0.250. The molecule has 2 aromatic carbocycles. The summed E-state index contributed by atoms with van der Waals surface area (Å²) < 4.78 is 23.8. The summed E-state index contributed by atoms with van der Waals surface area (Å²) >= 11 is 0. The van der Waals surface area contributed by atoms with Crippen LogP contribution in [0.3, 0.4) is 0 Å². The second-order valence-corrected chi connectivity index (χ2v) is 4.82. The molecule has 0 saturated carbocycles. The number of hydrogen-bond donors (Lipinski definition) is 1. The van der Waals surface area contributed by atoms with E-state index in [1.165, 1.54) is 6.07 Å². The van der Waals surface area contributed by atoms with Crippen molar-refractivity contribution in [2.75, 3.05) is 19.5 Å². The van der Waals surface area contributed by atoms with Crippen molar-refractivity contribution in [1.82, 2.24) is 0 Å². The monoisotopic (exact) mass is 273 g/mol. The van der Waals surface area contributed by atoms with Gasteiger partial charge in [-0.3, -0.25) is 0 Å². The van der Waals surface area contributed by atoms with Crippen LogP contribution in [0.1, 0.15) is 17.2 Å². The first kappa shape index (κ1) is 12.8. The number of methoxy groups -OCH3 is 2. The quantitative estimate of drug-likeness (QED) is 0.927. The molecule has 2 aromatic rings. The standard InChI is InChI=1S/C16H16FNO2/c1-19-15-6-3-10(9-16(15)20-2)14-8-11-7-12(17)4-5-13(11)18-14/h3-7,9,14,18H,8H2,1-2H3. The molecule has 0 aliphatic carbocycles. The summed E-state index contributed by atoms with van der Waals surface area (Å²) in [7, 11) is 3.23. The minimum atomic E-state index is -0.196. The van der Waals surface area contributed by atoms with Crippen LogP contribution in [0.5, 0.6) is 11.5 Å². The van der Waals surface area contributed by atoms with Gasteiger partial charge in [-0.15, -0.1) is 0 Å². The van der Waals surface area contributed by atoms with Gasteiger partial charge in [-0.2, -0.15) is 0 Å². The van der Waals surface area contributed by atoms with Crippen LogP contribution in [0.2, 0.25) is 0 Å². The van der Waals surface area contributed by atoms with Crippen LogP contribution in [0.25, 0.3) is 0 Å². The van der Waals surface area contributed by atoms with Crippen LogP contribution in [0.15, 0.2) is 36.4 Å². The molecule has 0 radical (unpaired) electrons. The Labute approximate surface area is 117 Å². The molecule has 4 heteroatoms. The third-order valence-corrected chi connectivity index (χ3v) is 3.63. The smallest absolute Gasteiger partial charge is 0.161 e. The van der Waals surface area contributed by atoms with Gasteiger partial charge in [-0.05, 0) is 47.9 Å². The Balaban J connectivity index is 1.89. The van der Waals surface area contributed by atoms with Crippen LogP contribution in [0, 0.1) is 5.82 Å². The summed E-state index contributed by atoms with van der Waals surface area (Å²) in [6.07, 6.45) is 0.766. The van der Waals surface area contributed by atoms with Gasteiger partial charge in [0.25, 0.3) is 0 Å². The van der Waals surface area contributed by atoms with Gasteiger partial charge >= 0.3 is 0 Å². The van der Waals surface area contributed by atoms with Crippen molar-refractivity contribution in [3.05, 3.63) is 53.3 Å². The van der Waals surface area contributed by atoms with E-state index in [9.17, 15) is 4.39 Å². The summed E-state index contributed by atoms with van der Waals surface area (Å²) in [5.41, 5.74) is 3.09. The number of benzene rings is 2. The summed E-state index contributed by atoms with van der Waals surface area (Å²) in [4.78, 5) is 0. The van der Waals surface area contributed by atoms with E-state index in [0.29, 0.717) is 11.5 Å². The summed E-state index contributed by atoms with van der Waals surface area (Å²) in [6, 6.07) is 10.8. The first-order valence-corrected chi connectivity index (χ1v) is 6.48. The molecular formula is C16H16FNO2. The number of hydrogen-bond acceptors (Lipinski definition) is 3.